The molecule has 7 aromatic rings. The molecular formula is C61H64O7P2. The van der Waals surface area contributed by atoms with Crippen LogP contribution in [0, 0.1) is 62.3 Å². The number of carbonyl (C=O) groups excluding carboxylic acids is 4. The predicted octanol–water partition coefficient (Wildman–Crippen LogP) is 13.5. The van der Waals surface area contributed by atoms with Gasteiger partial charge in [0.15, 0.2) is 5.78 Å². The van der Waals surface area contributed by atoms with Gasteiger partial charge in [0.25, 0.3) is 0 Å². The number of aliphatic hydroxyl groups is 1. The van der Waals surface area contributed by atoms with Gasteiger partial charge in [-0.1, -0.05) is 194 Å². The van der Waals surface area contributed by atoms with E-state index in [2.05, 4.69) is 0 Å². The lowest BCUT2D eigenvalue weighted by Crippen LogP contribution is -2.40. The highest BCUT2D eigenvalue weighted by atomic mass is 31.2. The number of hydrogen-bond acceptors (Lipinski definition) is 7. The van der Waals surface area contributed by atoms with E-state index in [1.165, 1.54) is 0 Å². The number of aryl methyl sites for hydroxylation is 9. The monoisotopic (exact) mass is 970 g/mol. The van der Waals surface area contributed by atoms with E-state index in [1.54, 1.807) is 66.7 Å². The van der Waals surface area contributed by atoms with Crippen LogP contribution in [0.3, 0.4) is 0 Å². The second-order valence-corrected chi connectivity index (χ2v) is 24.0. The summed E-state index contributed by atoms with van der Waals surface area (Å²) in [6, 6.07) is 47.2. The van der Waals surface area contributed by atoms with E-state index in [0.29, 0.717) is 45.7 Å². The molecule has 1 N–H and O–H groups in total. The van der Waals surface area contributed by atoms with Crippen LogP contribution < -0.4 is 15.9 Å². The van der Waals surface area contributed by atoms with Crippen LogP contribution in [0.1, 0.15) is 124 Å². The molecule has 7 nitrogen and oxygen atoms in total. The standard InChI is InChI=1S/C26H27O3P.C22H21O2P.C13H16O2/c1-16-12-18(3)23(19(4)13-16)25(27)30(29,22-10-8-7-9-11-22)26(28)24-20(5)14-17(2)15-21(24)6;1-16-14-17(2)21(18(3)15-16)22(23)25(24,19-10-6-4-7-11-19)20-12-8-5-9-13-20;14-12(11-7-3-1-4-8-11)13(15)9-5-2-6-10-13/h7-15H,1-6H3;4-15H,1-3H3;1,3-4,7-8,15H,2,5-6,9-10H2. The molecule has 1 saturated carbocycles. The molecule has 0 aromatic heterocycles. The quantitative estimate of drug-likeness (QED) is 0.101. The minimum absolute atomic E-state index is 0.109. The summed E-state index contributed by atoms with van der Waals surface area (Å²) in [5.41, 5.74) is 7.21. The Morgan fingerprint density at radius 1 is 0.400 bits per heavy atom. The third-order valence-electron chi connectivity index (χ3n) is 13.0. The van der Waals surface area contributed by atoms with Gasteiger partial charge in [-0.15, -0.1) is 0 Å². The molecule has 360 valence electrons. The number of Topliss-reactive ketones (excluding diaryl/α,β-unsaturated/α-hetero) is 1. The average Bonchev–Trinajstić information content (AvgIpc) is 3.34. The smallest absolute Gasteiger partial charge is 0.248 e. The molecule has 1 aliphatic rings. The van der Waals surface area contributed by atoms with Gasteiger partial charge in [0.05, 0.1) is 0 Å². The van der Waals surface area contributed by atoms with E-state index in [0.717, 1.165) is 69.3 Å². The van der Waals surface area contributed by atoms with Crippen molar-refractivity contribution in [2.24, 2.45) is 0 Å². The lowest BCUT2D eigenvalue weighted by Gasteiger charge is -2.30. The SMILES string of the molecule is Cc1cc(C)c(C(=O)P(=O)(C(=O)c2c(C)cc(C)cc2C)c2ccccc2)c(C)c1.Cc1cc(C)c(C(=O)P(=O)(c2ccccc2)c2ccccc2)c(C)c1.O=C(c1ccccc1)C1(O)CCCCC1. The number of ketones is 1. The molecule has 9 heteroatoms. The molecule has 0 heterocycles. The predicted molar refractivity (Wildman–Crippen MR) is 287 cm³/mol. The largest absolute Gasteiger partial charge is 0.382 e. The van der Waals surface area contributed by atoms with Crippen LogP contribution in [0.4, 0.5) is 0 Å². The van der Waals surface area contributed by atoms with E-state index in [-0.39, 0.29) is 16.6 Å². The van der Waals surface area contributed by atoms with E-state index >= 15 is 0 Å². The molecule has 0 amide bonds. The molecule has 0 radical (unpaired) electrons. The Bertz CT molecular complexity index is 2950. The van der Waals surface area contributed by atoms with Crippen molar-refractivity contribution in [3.8, 4) is 0 Å². The van der Waals surface area contributed by atoms with Crippen molar-refractivity contribution in [3.05, 3.63) is 230 Å². The number of carbonyl (C=O) groups is 4. The van der Waals surface area contributed by atoms with Gasteiger partial charge in [0.2, 0.25) is 30.9 Å². The zero-order chi connectivity index (χ0) is 51.0. The lowest BCUT2D eigenvalue weighted by molar-refractivity contribution is 0.0116. The first-order valence-electron chi connectivity index (χ1n) is 23.8. The maximum Gasteiger partial charge on any atom is 0.248 e. The van der Waals surface area contributed by atoms with Gasteiger partial charge in [0.1, 0.15) is 5.60 Å². The molecule has 0 bridgehead atoms. The summed E-state index contributed by atoms with van der Waals surface area (Å²) < 4.78 is 28.7. The molecule has 1 fully saturated rings. The second kappa shape index (κ2) is 22.6. The molecule has 0 saturated heterocycles. The Hall–Kier alpha value is -6.36. The molecular weight excluding hydrogens is 907 g/mol. The Morgan fingerprint density at radius 2 is 0.686 bits per heavy atom. The van der Waals surface area contributed by atoms with Gasteiger partial charge < -0.3 is 14.2 Å². The Morgan fingerprint density at radius 3 is 1.01 bits per heavy atom. The molecule has 7 aromatic carbocycles. The van der Waals surface area contributed by atoms with Crippen molar-refractivity contribution in [1.29, 1.82) is 0 Å². The van der Waals surface area contributed by atoms with Crippen molar-refractivity contribution in [1.82, 2.24) is 0 Å². The van der Waals surface area contributed by atoms with Crippen molar-refractivity contribution >= 4 is 52.6 Å². The molecule has 0 aliphatic heterocycles. The summed E-state index contributed by atoms with van der Waals surface area (Å²) in [5.74, 6) is -0.109. The molecule has 0 unspecified atom stereocenters. The van der Waals surface area contributed by atoms with Gasteiger partial charge in [-0.3, -0.25) is 19.2 Å². The van der Waals surface area contributed by atoms with Gasteiger partial charge in [0, 0.05) is 38.2 Å². The Labute approximate surface area is 414 Å². The Kier molecular flexibility index (Phi) is 17.1. The highest BCUT2D eigenvalue weighted by Crippen LogP contribution is 2.53. The topological polar surface area (TPSA) is 123 Å². The van der Waals surface area contributed by atoms with Crippen molar-refractivity contribution < 1.29 is 33.4 Å². The summed E-state index contributed by atoms with van der Waals surface area (Å²) in [6.07, 6.45) is 4.26. The van der Waals surface area contributed by atoms with Crippen LogP contribution in [0.25, 0.3) is 0 Å². The average molecular weight is 971 g/mol. The second-order valence-electron chi connectivity index (χ2n) is 18.7. The minimum atomic E-state index is -4.11. The van der Waals surface area contributed by atoms with Crippen LogP contribution in [0.15, 0.2) is 158 Å². The summed E-state index contributed by atoms with van der Waals surface area (Å²) in [5, 5.41) is 11.7. The van der Waals surface area contributed by atoms with Crippen LogP contribution in [0.5, 0.6) is 0 Å². The number of rotatable bonds is 11. The fraction of sp³-hybridized carbons (Fsp3) is 0.246. The lowest BCUT2D eigenvalue weighted by atomic mass is 9.79. The number of hydrogen-bond donors (Lipinski definition) is 1. The van der Waals surface area contributed by atoms with Gasteiger partial charge >= 0.3 is 0 Å². The highest BCUT2D eigenvalue weighted by Gasteiger charge is 2.45. The maximum absolute atomic E-state index is 14.5. The molecule has 8 rings (SSSR count). The zero-order valence-corrected chi connectivity index (χ0v) is 43.6. The van der Waals surface area contributed by atoms with Crippen LogP contribution in [-0.4, -0.2) is 33.1 Å². The van der Waals surface area contributed by atoms with E-state index in [1.807, 2.05) is 153 Å². The fourth-order valence-electron chi connectivity index (χ4n) is 9.87. The van der Waals surface area contributed by atoms with Crippen molar-refractivity contribution in [2.75, 3.05) is 0 Å². The zero-order valence-electron chi connectivity index (χ0n) is 41.8. The molecule has 0 spiro atoms. The summed E-state index contributed by atoms with van der Waals surface area (Å²) >= 11 is 0. The normalized spacial score (nSPS) is 13.2. The first-order chi connectivity index (χ1) is 33.2. The first-order valence-corrected chi connectivity index (χ1v) is 27.2. The summed E-state index contributed by atoms with van der Waals surface area (Å²) in [6.45, 7) is 17.0. The Balaban J connectivity index is 0.000000181. The van der Waals surface area contributed by atoms with E-state index in [4.69, 9.17) is 0 Å². The van der Waals surface area contributed by atoms with Crippen molar-refractivity contribution in [2.45, 2.75) is 100 Å². The number of benzene rings is 7. The van der Waals surface area contributed by atoms with Crippen molar-refractivity contribution in [3.63, 3.8) is 0 Å². The molecule has 1 aliphatic carbocycles. The minimum Gasteiger partial charge on any atom is -0.382 e. The first kappa shape index (κ1) is 53.0. The maximum atomic E-state index is 14.5. The fourth-order valence-corrected chi connectivity index (χ4v) is 15.1. The van der Waals surface area contributed by atoms with E-state index in [9.17, 15) is 33.4 Å². The van der Waals surface area contributed by atoms with Crippen LogP contribution in [-0.2, 0) is 9.13 Å². The van der Waals surface area contributed by atoms with Gasteiger partial charge in [-0.25, -0.2) is 0 Å². The summed E-state index contributed by atoms with van der Waals surface area (Å²) in [4.78, 5) is 53.3. The molecule has 70 heavy (non-hydrogen) atoms. The highest BCUT2D eigenvalue weighted by molar-refractivity contribution is 8.01. The third kappa shape index (κ3) is 11.3. The third-order valence-corrected chi connectivity index (χ3v) is 18.5. The van der Waals surface area contributed by atoms with E-state index < -0.39 is 30.9 Å². The van der Waals surface area contributed by atoms with Crippen LogP contribution in [0.2, 0.25) is 0 Å². The van der Waals surface area contributed by atoms with Gasteiger partial charge in [-0.05, 0) is 109 Å². The van der Waals surface area contributed by atoms with Crippen LogP contribution >= 0.6 is 14.3 Å². The summed E-state index contributed by atoms with van der Waals surface area (Å²) in [7, 11) is -7.56. The van der Waals surface area contributed by atoms with Gasteiger partial charge in [-0.2, -0.15) is 0 Å². The molecule has 0 atom stereocenters.